The van der Waals surface area contributed by atoms with Gasteiger partial charge in [0.1, 0.15) is 12.3 Å². The van der Waals surface area contributed by atoms with E-state index in [9.17, 15) is 13.2 Å². The number of hydrogen-bond donors (Lipinski definition) is 1. The van der Waals surface area contributed by atoms with Gasteiger partial charge in [-0.2, -0.15) is 0 Å². The third-order valence-electron chi connectivity index (χ3n) is 6.12. The summed E-state index contributed by atoms with van der Waals surface area (Å²) in [6.45, 7) is 8.58. The molecular formula is C29H36N2O4S. The van der Waals surface area contributed by atoms with E-state index in [1.54, 1.807) is 30.3 Å². The fourth-order valence-corrected chi connectivity index (χ4v) is 5.38. The van der Waals surface area contributed by atoms with Gasteiger partial charge in [-0.15, -0.1) is 0 Å². The van der Waals surface area contributed by atoms with E-state index in [0.29, 0.717) is 25.3 Å². The quantitative estimate of drug-likeness (QED) is 0.335. The molecule has 0 aliphatic rings. The third kappa shape index (κ3) is 6.88. The van der Waals surface area contributed by atoms with Crippen LogP contribution in [0.4, 0.5) is 5.69 Å². The van der Waals surface area contributed by atoms with Crippen LogP contribution in [0.15, 0.2) is 71.6 Å². The summed E-state index contributed by atoms with van der Waals surface area (Å²) in [7, 11) is -3.94. The van der Waals surface area contributed by atoms with E-state index >= 15 is 0 Å². The number of nitrogens with one attached hydrogen (secondary N) is 1. The standard InChI is InChI=1S/C29H36N2O4S/c1-5-20-35-28-14-7-6-11-25(28)12-9-19-30-29(32)21-31(27-13-8-10-23(3)24(27)4)36(33,34)26-17-15-22(2)16-18-26/h6-8,10-11,13-18H,5,9,12,19-21H2,1-4H3,(H,30,32). The van der Waals surface area contributed by atoms with Crippen molar-refractivity contribution in [2.24, 2.45) is 0 Å². The molecule has 3 aromatic rings. The number of anilines is 1. The van der Waals surface area contributed by atoms with Crippen LogP contribution < -0.4 is 14.4 Å². The van der Waals surface area contributed by atoms with Crippen molar-refractivity contribution in [2.75, 3.05) is 24.0 Å². The van der Waals surface area contributed by atoms with Crippen LogP contribution in [0, 0.1) is 20.8 Å². The van der Waals surface area contributed by atoms with Crippen molar-refractivity contribution in [3.8, 4) is 5.75 Å². The van der Waals surface area contributed by atoms with Crippen molar-refractivity contribution >= 4 is 21.6 Å². The van der Waals surface area contributed by atoms with Gasteiger partial charge in [-0.25, -0.2) is 8.42 Å². The predicted molar refractivity (Wildman–Crippen MR) is 145 cm³/mol. The first-order chi connectivity index (χ1) is 17.2. The molecule has 0 aliphatic carbocycles. The van der Waals surface area contributed by atoms with Crippen LogP contribution >= 0.6 is 0 Å². The number of benzene rings is 3. The lowest BCUT2D eigenvalue weighted by molar-refractivity contribution is -0.119. The Bertz CT molecular complexity index is 1270. The lowest BCUT2D eigenvalue weighted by atomic mass is 10.1. The fourth-order valence-electron chi connectivity index (χ4n) is 3.90. The van der Waals surface area contributed by atoms with Gasteiger partial charge in [0.25, 0.3) is 10.0 Å². The first-order valence-electron chi connectivity index (χ1n) is 12.4. The highest BCUT2D eigenvalue weighted by molar-refractivity contribution is 7.92. The summed E-state index contributed by atoms with van der Waals surface area (Å²) in [6.07, 6.45) is 2.40. The van der Waals surface area contributed by atoms with E-state index in [0.717, 1.165) is 40.8 Å². The van der Waals surface area contributed by atoms with Gasteiger partial charge in [-0.1, -0.05) is 55.0 Å². The van der Waals surface area contributed by atoms with Crippen LogP contribution in [0.25, 0.3) is 0 Å². The highest BCUT2D eigenvalue weighted by Crippen LogP contribution is 2.28. The summed E-state index contributed by atoms with van der Waals surface area (Å²) in [6, 6.07) is 20.1. The molecule has 6 nitrogen and oxygen atoms in total. The van der Waals surface area contributed by atoms with Gasteiger partial charge < -0.3 is 10.1 Å². The van der Waals surface area contributed by atoms with Crippen molar-refractivity contribution in [1.29, 1.82) is 0 Å². The molecule has 1 amide bonds. The molecule has 0 unspecified atom stereocenters. The monoisotopic (exact) mass is 508 g/mol. The topological polar surface area (TPSA) is 75.7 Å². The van der Waals surface area contributed by atoms with Gasteiger partial charge in [-0.05, 0) is 81.0 Å². The van der Waals surface area contributed by atoms with Gasteiger partial charge in [0.2, 0.25) is 5.91 Å². The SMILES string of the molecule is CCCOc1ccccc1CCCNC(=O)CN(c1cccc(C)c1C)S(=O)(=O)c1ccc(C)cc1. The molecule has 0 spiro atoms. The first-order valence-corrected chi connectivity index (χ1v) is 13.8. The maximum atomic E-state index is 13.6. The number of amides is 1. The Morgan fingerprint density at radius 3 is 2.39 bits per heavy atom. The second kappa shape index (κ2) is 12.6. The number of hydrogen-bond acceptors (Lipinski definition) is 4. The van der Waals surface area contributed by atoms with E-state index in [4.69, 9.17) is 4.74 Å². The van der Waals surface area contributed by atoms with Crippen LogP contribution in [-0.2, 0) is 21.2 Å². The highest BCUT2D eigenvalue weighted by Gasteiger charge is 2.28. The minimum Gasteiger partial charge on any atom is -0.493 e. The lowest BCUT2D eigenvalue weighted by Gasteiger charge is -2.26. The normalized spacial score (nSPS) is 11.2. The Morgan fingerprint density at radius 2 is 1.67 bits per heavy atom. The Balaban J connectivity index is 1.72. The molecule has 0 bridgehead atoms. The molecule has 36 heavy (non-hydrogen) atoms. The van der Waals surface area contributed by atoms with E-state index in [1.165, 1.54) is 4.31 Å². The minimum atomic E-state index is -3.94. The Kier molecular flexibility index (Phi) is 9.53. The van der Waals surface area contributed by atoms with Crippen molar-refractivity contribution in [3.63, 3.8) is 0 Å². The van der Waals surface area contributed by atoms with Crippen molar-refractivity contribution in [2.45, 2.75) is 51.9 Å². The second-order valence-electron chi connectivity index (χ2n) is 8.95. The maximum Gasteiger partial charge on any atom is 0.264 e. The number of carbonyl (C=O) groups is 1. The average Bonchev–Trinajstić information content (AvgIpc) is 2.86. The number of aryl methyl sites for hydroxylation is 3. The summed E-state index contributed by atoms with van der Waals surface area (Å²) in [5.74, 6) is 0.526. The lowest BCUT2D eigenvalue weighted by Crippen LogP contribution is -2.41. The number of nitrogens with zero attached hydrogens (tertiary/aromatic N) is 1. The minimum absolute atomic E-state index is 0.158. The van der Waals surface area contributed by atoms with Crippen molar-refractivity contribution < 1.29 is 17.9 Å². The van der Waals surface area contributed by atoms with E-state index in [1.807, 2.05) is 57.2 Å². The molecule has 0 heterocycles. The van der Waals surface area contributed by atoms with Crippen LogP contribution in [0.3, 0.4) is 0 Å². The zero-order valence-electron chi connectivity index (χ0n) is 21.6. The molecule has 3 aromatic carbocycles. The number of para-hydroxylation sites is 1. The highest BCUT2D eigenvalue weighted by atomic mass is 32.2. The molecule has 0 saturated heterocycles. The summed E-state index contributed by atoms with van der Waals surface area (Å²) in [4.78, 5) is 13.1. The number of ether oxygens (including phenoxy) is 1. The maximum absolute atomic E-state index is 13.6. The number of carbonyl (C=O) groups excluding carboxylic acids is 1. The summed E-state index contributed by atoms with van der Waals surface area (Å²) in [5.41, 5.74) is 4.35. The van der Waals surface area contributed by atoms with E-state index in [2.05, 4.69) is 12.2 Å². The molecule has 7 heteroatoms. The van der Waals surface area contributed by atoms with Gasteiger partial charge in [0.05, 0.1) is 17.2 Å². The summed E-state index contributed by atoms with van der Waals surface area (Å²) in [5, 5.41) is 2.90. The Hall–Kier alpha value is -3.32. The summed E-state index contributed by atoms with van der Waals surface area (Å²) >= 11 is 0. The predicted octanol–water partition coefficient (Wildman–Crippen LogP) is 5.34. The molecule has 192 valence electrons. The van der Waals surface area contributed by atoms with Gasteiger partial charge in [-0.3, -0.25) is 9.10 Å². The number of rotatable bonds is 12. The molecule has 0 atom stereocenters. The van der Waals surface area contributed by atoms with Crippen LogP contribution in [0.5, 0.6) is 5.75 Å². The fraction of sp³-hybridized carbons (Fsp3) is 0.345. The van der Waals surface area contributed by atoms with Crippen molar-refractivity contribution in [1.82, 2.24) is 5.32 Å². The van der Waals surface area contributed by atoms with Crippen LogP contribution in [0.2, 0.25) is 0 Å². The third-order valence-corrected chi connectivity index (χ3v) is 7.89. The Morgan fingerprint density at radius 1 is 0.944 bits per heavy atom. The molecule has 0 radical (unpaired) electrons. The largest absolute Gasteiger partial charge is 0.493 e. The van der Waals surface area contributed by atoms with E-state index in [-0.39, 0.29) is 17.3 Å². The molecule has 0 fully saturated rings. The molecule has 0 aromatic heterocycles. The Labute approximate surface area is 215 Å². The molecule has 1 N–H and O–H groups in total. The molecule has 0 saturated carbocycles. The van der Waals surface area contributed by atoms with Gasteiger partial charge >= 0.3 is 0 Å². The zero-order valence-corrected chi connectivity index (χ0v) is 22.4. The van der Waals surface area contributed by atoms with Crippen molar-refractivity contribution in [3.05, 3.63) is 89.0 Å². The molecular weight excluding hydrogens is 472 g/mol. The number of sulfonamides is 1. The van der Waals surface area contributed by atoms with Crippen LogP contribution in [-0.4, -0.2) is 34.0 Å². The second-order valence-corrected chi connectivity index (χ2v) is 10.8. The molecule has 0 aliphatic heterocycles. The van der Waals surface area contributed by atoms with Gasteiger partial charge in [0.15, 0.2) is 0 Å². The molecule has 3 rings (SSSR count). The van der Waals surface area contributed by atoms with Gasteiger partial charge in [0, 0.05) is 6.54 Å². The zero-order chi connectivity index (χ0) is 26.1. The van der Waals surface area contributed by atoms with Crippen LogP contribution in [0.1, 0.15) is 42.0 Å². The first kappa shape index (κ1) is 27.3. The summed E-state index contributed by atoms with van der Waals surface area (Å²) < 4.78 is 34.3. The van der Waals surface area contributed by atoms with E-state index < -0.39 is 10.0 Å². The smallest absolute Gasteiger partial charge is 0.264 e. The average molecular weight is 509 g/mol.